The molecule has 0 spiro atoms. The Labute approximate surface area is 150 Å². The number of amides is 1. The second-order valence-electron chi connectivity index (χ2n) is 5.79. The van der Waals surface area contributed by atoms with Crippen LogP contribution in [0.15, 0.2) is 48.5 Å². The fourth-order valence-electron chi connectivity index (χ4n) is 2.45. The average Bonchev–Trinajstić information content (AvgIpc) is 2.66. The summed E-state index contributed by atoms with van der Waals surface area (Å²) in [4.78, 5) is 11.6. The number of ether oxygens (including phenoxy) is 1. The number of nitrogens with one attached hydrogen (secondary N) is 1. The lowest BCUT2D eigenvalue weighted by molar-refractivity contribution is 0.0124. The number of rotatable bonds is 8. The van der Waals surface area contributed by atoms with Crippen LogP contribution in [0.25, 0.3) is 0 Å². The van der Waals surface area contributed by atoms with Crippen LogP contribution in [0.1, 0.15) is 29.2 Å². The Morgan fingerprint density at radius 3 is 2.58 bits per heavy atom. The number of carbonyl (C=O) groups is 1. The van der Waals surface area contributed by atoms with Crippen LogP contribution >= 0.6 is 0 Å². The lowest BCUT2D eigenvalue weighted by Gasteiger charge is -2.20. The van der Waals surface area contributed by atoms with E-state index in [0.717, 1.165) is 11.6 Å². The average molecular weight is 363 g/mol. The van der Waals surface area contributed by atoms with E-state index >= 15 is 0 Å². The van der Waals surface area contributed by atoms with E-state index in [1.807, 2.05) is 30.3 Å². The molecule has 2 atom stereocenters. The maximum absolute atomic E-state index is 13.3. The molecule has 0 bridgehead atoms. The van der Waals surface area contributed by atoms with Gasteiger partial charge in [-0.3, -0.25) is 0 Å². The molecule has 7 heteroatoms. The largest absolute Gasteiger partial charge is 0.445 e. The van der Waals surface area contributed by atoms with E-state index in [0.29, 0.717) is 5.56 Å². The molecule has 0 saturated heterocycles. The molecule has 2 aromatic carbocycles. The summed E-state index contributed by atoms with van der Waals surface area (Å²) in [5.41, 5.74) is 1.29. The van der Waals surface area contributed by atoms with E-state index in [1.165, 1.54) is 12.1 Å². The number of carbonyl (C=O) groups excluding carboxylic acids is 1. The Kier molecular flexibility index (Phi) is 7.53. The fraction of sp³-hybridized carbons (Fsp3) is 0.316. The fourth-order valence-corrected chi connectivity index (χ4v) is 2.45. The van der Waals surface area contributed by atoms with Crippen LogP contribution in [0.5, 0.6) is 0 Å². The van der Waals surface area contributed by atoms with Crippen molar-refractivity contribution in [3.63, 3.8) is 0 Å². The maximum atomic E-state index is 13.3. The van der Waals surface area contributed by atoms with Gasteiger partial charge in [0.25, 0.3) is 0 Å². The monoisotopic (exact) mass is 363 g/mol. The number of benzene rings is 2. The zero-order valence-electron chi connectivity index (χ0n) is 14.1. The summed E-state index contributed by atoms with van der Waals surface area (Å²) < 4.78 is 18.4. The van der Waals surface area contributed by atoms with Gasteiger partial charge < -0.3 is 25.4 Å². The van der Waals surface area contributed by atoms with Crippen molar-refractivity contribution in [2.24, 2.45) is 0 Å². The van der Waals surface area contributed by atoms with E-state index < -0.39 is 24.1 Å². The summed E-state index contributed by atoms with van der Waals surface area (Å²) >= 11 is 0. The van der Waals surface area contributed by atoms with Crippen LogP contribution in [0.4, 0.5) is 9.18 Å². The lowest BCUT2D eigenvalue weighted by Crippen LogP contribution is -2.30. The number of hydrogen-bond donors (Lipinski definition) is 4. The lowest BCUT2D eigenvalue weighted by atomic mass is 9.97. The topological polar surface area (TPSA) is 99.0 Å². The molecule has 0 aliphatic carbocycles. The Hall–Kier alpha value is -2.48. The van der Waals surface area contributed by atoms with Crippen LogP contribution < -0.4 is 5.32 Å². The third-order valence-electron chi connectivity index (χ3n) is 3.88. The highest BCUT2D eigenvalue weighted by molar-refractivity contribution is 5.67. The van der Waals surface area contributed by atoms with Gasteiger partial charge >= 0.3 is 6.09 Å². The van der Waals surface area contributed by atoms with Crippen molar-refractivity contribution in [1.82, 2.24) is 5.32 Å². The van der Waals surface area contributed by atoms with E-state index in [9.17, 15) is 24.5 Å². The van der Waals surface area contributed by atoms with Crippen molar-refractivity contribution < 1.29 is 29.2 Å². The first-order valence-corrected chi connectivity index (χ1v) is 8.21. The van der Waals surface area contributed by atoms with Crippen LogP contribution in [0.2, 0.25) is 0 Å². The molecule has 0 aliphatic rings. The van der Waals surface area contributed by atoms with Crippen molar-refractivity contribution in [3.05, 3.63) is 71.0 Å². The highest BCUT2D eigenvalue weighted by Crippen LogP contribution is 2.24. The van der Waals surface area contributed by atoms with E-state index in [-0.39, 0.29) is 31.7 Å². The van der Waals surface area contributed by atoms with Crippen molar-refractivity contribution in [2.75, 3.05) is 6.54 Å². The Balaban J connectivity index is 1.78. The van der Waals surface area contributed by atoms with E-state index in [2.05, 4.69) is 5.32 Å². The number of alkyl carbamates (subject to hydrolysis) is 1. The molecule has 0 aromatic heterocycles. The summed E-state index contributed by atoms with van der Waals surface area (Å²) in [6, 6.07) is 12.8. The molecule has 0 saturated carbocycles. The van der Waals surface area contributed by atoms with Gasteiger partial charge in [0.1, 0.15) is 18.5 Å². The number of halogens is 1. The predicted octanol–water partition coefficient (Wildman–Crippen LogP) is 2.03. The van der Waals surface area contributed by atoms with Gasteiger partial charge in [0.15, 0.2) is 0 Å². The third kappa shape index (κ3) is 5.80. The van der Waals surface area contributed by atoms with Gasteiger partial charge in [0.2, 0.25) is 0 Å². The quantitative estimate of drug-likeness (QED) is 0.575. The number of aliphatic hydroxyl groups excluding tert-OH is 3. The molecular formula is C19H22FNO5. The molecule has 140 valence electrons. The molecule has 0 heterocycles. The summed E-state index contributed by atoms with van der Waals surface area (Å²) in [5, 5.41) is 32.0. The van der Waals surface area contributed by atoms with E-state index in [4.69, 9.17) is 4.74 Å². The number of aliphatic hydroxyl groups is 3. The van der Waals surface area contributed by atoms with Gasteiger partial charge in [-0.05, 0) is 35.2 Å². The molecule has 0 radical (unpaired) electrons. The zero-order chi connectivity index (χ0) is 18.9. The van der Waals surface area contributed by atoms with Crippen LogP contribution in [0, 0.1) is 5.82 Å². The predicted molar refractivity (Wildman–Crippen MR) is 92.5 cm³/mol. The normalized spacial score (nSPS) is 13.1. The Bertz CT molecular complexity index is 710. The van der Waals surface area contributed by atoms with Crippen molar-refractivity contribution >= 4 is 6.09 Å². The summed E-state index contributed by atoms with van der Waals surface area (Å²) in [6.45, 7) is -0.194. The van der Waals surface area contributed by atoms with Gasteiger partial charge in [0, 0.05) is 6.54 Å². The van der Waals surface area contributed by atoms with E-state index in [1.54, 1.807) is 0 Å². The molecule has 2 aromatic rings. The highest BCUT2D eigenvalue weighted by Gasteiger charge is 2.21. The number of hydrogen-bond acceptors (Lipinski definition) is 5. The Morgan fingerprint density at radius 1 is 1.15 bits per heavy atom. The second-order valence-corrected chi connectivity index (χ2v) is 5.79. The molecule has 4 N–H and O–H groups in total. The molecule has 2 unspecified atom stereocenters. The van der Waals surface area contributed by atoms with Crippen LogP contribution in [0.3, 0.4) is 0 Å². The summed E-state index contributed by atoms with van der Waals surface area (Å²) in [6.07, 6.45) is -3.23. The first-order valence-electron chi connectivity index (χ1n) is 8.21. The smallest absolute Gasteiger partial charge is 0.407 e. The molecule has 26 heavy (non-hydrogen) atoms. The Morgan fingerprint density at radius 2 is 1.88 bits per heavy atom. The molecule has 2 rings (SSSR count). The molecule has 6 nitrogen and oxygen atoms in total. The minimum absolute atomic E-state index is 0.0307. The zero-order valence-corrected chi connectivity index (χ0v) is 14.1. The van der Waals surface area contributed by atoms with Gasteiger partial charge in [0.05, 0.1) is 12.7 Å². The SMILES string of the molecule is O=C(NCCC(O)C(O)c1cc(F)ccc1CO)OCc1ccccc1. The minimum Gasteiger partial charge on any atom is -0.445 e. The summed E-state index contributed by atoms with van der Waals surface area (Å²) in [7, 11) is 0. The minimum atomic E-state index is -1.38. The highest BCUT2D eigenvalue weighted by atomic mass is 19.1. The van der Waals surface area contributed by atoms with Gasteiger partial charge in [-0.25, -0.2) is 9.18 Å². The van der Waals surface area contributed by atoms with Crippen LogP contribution in [-0.2, 0) is 18.0 Å². The molecule has 1 amide bonds. The van der Waals surface area contributed by atoms with Gasteiger partial charge in [-0.2, -0.15) is 0 Å². The van der Waals surface area contributed by atoms with Crippen molar-refractivity contribution in [3.8, 4) is 0 Å². The van der Waals surface area contributed by atoms with Crippen molar-refractivity contribution in [1.29, 1.82) is 0 Å². The maximum Gasteiger partial charge on any atom is 0.407 e. The second kappa shape index (κ2) is 9.86. The first-order chi connectivity index (χ1) is 12.5. The van der Waals surface area contributed by atoms with Crippen molar-refractivity contribution in [2.45, 2.75) is 31.8 Å². The third-order valence-corrected chi connectivity index (χ3v) is 3.88. The molecule has 0 aliphatic heterocycles. The molecule has 0 fully saturated rings. The summed E-state index contributed by atoms with van der Waals surface area (Å²) in [5.74, 6) is -0.578. The van der Waals surface area contributed by atoms with Gasteiger partial charge in [-0.15, -0.1) is 0 Å². The molecular weight excluding hydrogens is 341 g/mol. The standard InChI is InChI=1S/C19H22FNO5/c20-15-7-6-14(11-22)16(10-15)18(24)17(23)8-9-21-19(25)26-12-13-4-2-1-3-5-13/h1-7,10,17-18,22-24H,8-9,11-12H2,(H,21,25). The first kappa shape index (κ1) is 19.8. The van der Waals surface area contributed by atoms with Gasteiger partial charge in [-0.1, -0.05) is 36.4 Å². The van der Waals surface area contributed by atoms with Crippen LogP contribution in [-0.4, -0.2) is 34.1 Å².